The van der Waals surface area contributed by atoms with E-state index in [1.54, 1.807) is 24.3 Å². The van der Waals surface area contributed by atoms with Crippen LogP contribution in [0.1, 0.15) is 36.5 Å². The molecule has 1 atom stereocenters. The van der Waals surface area contributed by atoms with Crippen molar-refractivity contribution in [1.29, 1.82) is 0 Å². The Morgan fingerprint density at radius 1 is 1.29 bits per heavy atom. The van der Waals surface area contributed by atoms with Crippen molar-refractivity contribution < 1.29 is 13.2 Å². The number of carbonyl (C=O) groups is 1. The number of carbonyl (C=O) groups excluding carboxylic acids is 1. The molecule has 1 aromatic heterocycles. The number of piperidine rings is 1. The molecule has 1 aliphatic heterocycles. The highest BCUT2D eigenvalue weighted by atomic mass is 32.2. The molecular formula is C18H25N5O3S2. The third-order valence-electron chi connectivity index (χ3n) is 4.58. The van der Waals surface area contributed by atoms with E-state index in [1.165, 1.54) is 12.8 Å². The number of nitrogens with one attached hydrogen (secondary N) is 2. The van der Waals surface area contributed by atoms with Crippen molar-refractivity contribution in [2.45, 2.75) is 30.5 Å². The normalized spacial score (nSPS) is 18.1. The Bertz CT molecular complexity index is 886. The maximum atomic E-state index is 12.4. The maximum Gasteiger partial charge on any atom is 0.269 e. The van der Waals surface area contributed by atoms with Gasteiger partial charge in [-0.15, -0.1) is 10.2 Å². The summed E-state index contributed by atoms with van der Waals surface area (Å²) in [6.07, 6.45) is 3.21. The van der Waals surface area contributed by atoms with Gasteiger partial charge in [0.05, 0.1) is 0 Å². The van der Waals surface area contributed by atoms with E-state index in [-0.39, 0.29) is 15.4 Å². The summed E-state index contributed by atoms with van der Waals surface area (Å²) in [5.41, 5.74) is 0.465. The van der Waals surface area contributed by atoms with Gasteiger partial charge in [0.1, 0.15) is 0 Å². The largest absolute Gasteiger partial charge is 0.303 e. The van der Waals surface area contributed by atoms with Crippen LogP contribution in [0.4, 0.5) is 5.13 Å². The van der Waals surface area contributed by atoms with Gasteiger partial charge in [0, 0.05) is 18.7 Å². The van der Waals surface area contributed by atoms with Gasteiger partial charge >= 0.3 is 0 Å². The maximum absolute atomic E-state index is 12.4. The molecule has 1 saturated heterocycles. The Morgan fingerprint density at radius 2 is 2.07 bits per heavy atom. The van der Waals surface area contributed by atoms with Crippen LogP contribution in [0.25, 0.3) is 0 Å². The highest BCUT2D eigenvalue weighted by Crippen LogP contribution is 2.20. The number of amides is 1. The molecule has 2 aromatic rings. The van der Waals surface area contributed by atoms with Crippen LogP contribution < -0.4 is 10.0 Å². The molecule has 3 rings (SSSR count). The zero-order chi connectivity index (χ0) is 20.0. The lowest BCUT2D eigenvalue weighted by molar-refractivity contribution is 0.102. The van der Waals surface area contributed by atoms with Gasteiger partial charge in [-0.25, -0.2) is 13.1 Å². The SMILES string of the molecule is CC1CCCN(CCCNS(=O)(=O)c2nnc(NC(=O)c3ccccc3)s2)C1. The highest BCUT2D eigenvalue weighted by molar-refractivity contribution is 7.91. The fraction of sp³-hybridized carbons (Fsp3) is 0.500. The molecule has 0 spiro atoms. The minimum Gasteiger partial charge on any atom is -0.303 e. The molecule has 28 heavy (non-hydrogen) atoms. The van der Waals surface area contributed by atoms with Crippen LogP contribution in [-0.2, 0) is 10.0 Å². The van der Waals surface area contributed by atoms with Gasteiger partial charge in [-0.1, -0.05) is 36.5 Å². The van der Waals surface area contributed by atoms with Crippen molar-refractivity contribution in [3.8, 4) is 0 Å². The number of hydrogen-bond acceptors (Lipinski definition) is 7. The fourth-order valence-corrected chi connectivity index (χ4v) is 5.20. The third kappa shape index (κ3) is 5.81. The lowest BCUT2D eigenvalue weighted by atomic mass is 10.0. The van der Waals surface area contributed by atoms with E-state index in [2.05, 4.69) is 32.1 Å². The minimum atomic E-state index is -3.73. The van der Waals surface area contributed by atoms with Gasteiger partial charge in [0.15, 0.2) is 0 Å². The number of benzene rings is 1. The molecule has 0 bridgehead atoms. The smallest absolute Gasteiger partial charge is 0.269 e. The Labute approximate surface area is 169 Å². The summed E-state index contributed by atoms with van der Waals surface area (Å²) in [6, 6.07) is 8.64. The van der Waals surface area contributed by atoms with Gasteiger partial charge in [-0.3, -0.25) is 10.1 Å². The van der Waals surface area contributed by atoms with Crippen LogP contribution in [0.3, 0.4) is 0 Å². The van der Waals surface area contributed by atoms with Crippen molar-refractivity contribution in [3.63, 3.8) is 0 Å². The van der Waals surface area contributed by atoms with Crippen LogP contribution in [0.5, 0.6) is 0 Å². The zero-order valence-electron chi connectivity index (χ0n) is 15.8. The summed E-state index contributed by atoms with van der Waals surface area (Å²) in [6.45, 7) is 5.63. The summed E-state index contributed by atoms with van der Waals surface area (Å²) in [4.78, 5) is 14.5. The van der Waals surface area contributed by atoms with Crippen LogP contribution in [0.2, 0.25) is 0 Å². The van der Waals surface area contributed by atoms with E-state index in [9.17, 15) is 13.2 Å². The summed E-state index contributed by atoms with van der Waals surface area (Å²) in [7, 11) is -3.73. The van der Waals surface area contributed by atoms with Gasteiger partial charge in [0.25, 0.3) is 15.9 Å². The minimum absolute atomic E-state index is 0.150. The molecule has 152 valence electrons. The van der Waals surface area contributed by atoms with Crippen molar-refractivity contribution in [3.05, 3.63) is 35.9 Å². The van der Waals surface area contributed by atoms with Crippen LogP contribution >= 0.6 is 11.3 Å². The zero-order valence-corrected chi connectivity index (χ0v) is 17.4. The first kappa shape index (κ1) is 20.8. The van der Waals surface area contributed by atoms with E-state index in [1.807, 2.05) is 6.07 Å². The molecule has 1 fully saturated rings. The van der Waals surface area contributed by atoms with E-state index in [0.29, 0.717) is 18.0 Å². The molecule has 10 heteroatoms. The number of sulfonamides is 1. The molecule has 1 unspecified atom stereocenters. The molecular weight excluding hydrogens is 398 g/mol. The fourth-order valence-electron chi connectivity index (χ4n) is 3.19. The lowest BCUT2D eigenvalue weighted by Gasteiger charge is -2.30. The predicted molar refractivity (Wildman–Crippen MR) is 109 cm³/mol. The summed E-state index contributed by atoms with van der Waals surface area (Å²) < 4.78 is 27.2. The number of rotatable bonds is 8. The Morgan fingerprint density at radius 3 is 2.82 bits per heavy atom. The molecule has 0 radical (unpaired) electrons. The first-order valence-corrected chi connectivity index (χ1v) is 11.7. The standard InChI is InChI=1S/C18H25N5O3S2/c1-14-7-5-11-23(13-14)12-6-10-19-28(25,26)18-22-21-17(27-18)20-16(24)15-8-3-2-4-9-15/h2-4,8-9,14,19H,5-7,10-13H2,1H3,(H,20,21,24). The quantitative estimate of drug-likeness (QED) is 0.498. The van der Waals surface area contributed by atoms with Crippen molar-refractivity contribution in [2.75, 3.05) is 31.5 Å². The third-order valence-corrected chi connectivity index (χ3v) is 7.24. The average Bonchev–Trinajstić information content (AvgIpc) is 3.15. The molecule has 1 aromatic carbocycles. The molecule has 1 amide bonds. The molecule has 2 N–H and O–H groups in total. The number of likely N-dealkylation sites (tertiary alicyclic amines) is 1. The number of aromatic nitrogens is 2. The second-order valence-corrected chi connectivity index (χ2v) is 9.91. The van der Waals surface area contributed by atoms with Crippen LogP contribution in [0, 0.1) is 5.92 Å². The Hall–Kier alpha value is -1.88. The first-order chi connectivity index (χ1) is 13.4. The van der Waals surface area contributed by atoms with Gasteiger partial charge in [0.2, 0.25) is 9.47 Å². The topological polar surface area (TPSA) is 104 Å². The summed E-state index contributed by atoms with van der Waals surface area (Å²) in [5, 5.41) is 10.2. The first-order valence-electron chi connectivity index (χ1n) is 9.36. The summed E-state index contributed by atoms with van der Waals surface area (Å²) in [5.74, 6) is 0.348. The van der Waals surface area contributed by atoms with E-state index in [4.69, 9.17) is 0 Å². The number of anilines is 1. The number of hydrogen-bond donors (Lipinski definition) is 2. The molecule has 8 nitrogen and oxygen atoms in total. The van der Waals surface area contributed by atoms with Crippen molar-refractivity contribution in [2.24, 2.45) is 5.92 Å². The van der Waals surface area contributed by atoms with Crippen molar-refractivity contribution >= 4 is 32.4 Å². The second-order valence-electron chi connectivity index (χ2n) is 6.99. The Kier molecular flexibility index (Phi) is 7.11. The Balaban J connectivity index is 1.48. The molecule has 0 saturated carbocycles. The van der Waals surface area contributed by atoms with Gasteiger partial charge < -0.3 is 4.90 Å². The molecule has 0 aliphatic carbocycles. The van der Waals surface area contributed by atoms with Crippen LogP contribution in [0.15, 0.2) is 34.7 Å². The highest BCUT2D eigenvalue weighted by Gasteiger charge is 2.21. The van der Waals surface area contributed by atoms with Gasteiger partial charge in [-0.05, 0) is 50.4 Å². The monoisotopic (exact) mass is 423 g/mol. The average molecular weight is 424 g/mol. The van der Waals surface area contributed by atoms with Crippen LogP contribution in [-0.4, -0.2) is 55.6 Å². The predicted octanol–water partition coefficient (Wildman–Crippen LogP) is 2.19. The second kappa shape index (κ2) is 9.55. The van der Waals surface area contributed by atoms with E-state index < -0.39 is 10.0 Å². The molecule has 2 heterocycles. The molecule has 1 aliphatic rings. The van der Waals surface area contributed by atoms with Gasteiger partial charge in [-0.2, -0.15) is 0 Å². The van der Waals surface area contributed by atoms with E-state index in [0.717, 1.165) is 37.4 Å². The van der Waals surface area contributed by atoms with Crippen molar-refractivity contribution in [1.82, 2.24) is 19.8 Å². The lowest BCUT2D eigenvalue weighted by Crippen LogP contribution is -2.36. The summed E-state index contributed by atoms with van der Waals surface area (Å²) >= 11 is 0.834. The number of nitrogens with zero attached hydrogens (tertiary/aromatic N) is 3. The van der Waals surface area contributed by atoms with E-state index >= 15 is 0 Å².